The lowest BCUT2D eigenvalue weighted by Gasteiger charge is -2.01. The molecule has 0 aliphatic carbocycles. The minimum Gasteiger partial charge on any atom is -0.297 e. The number of hydrogen-bond acceptors (Lipinski definition) is 6. The molecule has 3 heterocycles. The summed E-state index contributed by atoms with van der Waals surface area (Å²) in [6.07, 6.45) is 0. The van der Waals surface area contributed by atoms with Crippen LogP contribution in [0.25, 0.3) is 20.4 Å². The maximum Gasteiger partial charge on any atom is 0.267 e. The van der Waals surface area contributed by atoms with Crippen LogP contribution < -0.4 is 5.32 Å². The zero-order valence-corrected chi connectivity index (χ0v) is 16.9. The lowest BCUT2D eigenvalue weighted by molar-refractivity contribution is 0.103. The second-order valence-electron chi connectivity index (χ2n) is 6.44. The number of aromatic nitrogens is 3. The van der Waals surface area contributed by atoms with E-state index in [1.807, 2.05) is 27.7 Å². The molecule has 4 aromatic rings. The molecule has 1 aromatic carbocycles. The summed E-state index contributed by atoms with van der Waals surface area (Å²) in [6.45, 7) is 9.87. The van der Waals surface area contributed by atoms with Crippen molar-refractivity contribution in [2.75, 3.05) is 5.32 Å². The smallest absolute Gasteiger partial charge is 0.267 e. The van der Waals surface area contributed by atoms with Crippen molar-refractivity contribution in [2.45, 2.75) is 34.6 Å². The molecule has 7 heteroatoms. The lowest BCUT2D eigenvalue weighted by atomic mass is 10.1. The van der Waals surface area contributed by atoms with Crippen LogP contribution in [0, 0.1) is 34.6 Å². The van der Waals surface area contributed by atoms with Gasteiger partial charge in [-0.15, -0.1) is 11.3 Å². The molecule has 0 saturated heterocycles. The summed E-state index contributed by atoms with van der Waals surface area (Å²) >= 11 is 2.92. The van der Waals surface area contributed by atoms with Gasteiger partial charge in [0.25, 0.3) is 5.91 Å². The van der Waals surface area contributed by atoms with Crippen LogP contribution in [0.5, 0.6) is 0 Å². The minimum absolute atomic E-state index is 0.142. The second-order valence-corrected chi connectivity index (χ2v) is 8.44. The highest BCUT2D eigenvalue weighted by atomic mass is 32.1. The Labute approximate surface area is 159 Å². The van der Waals surface area contributed by atoms with Crippen LogP contribution in [-0.4, -0.2) is 20.9 Å². The monoisotopic (exact) mass is 382 g/mol. The van der Waals surface area contributed by atoms with Crippen molar-refractivity contribution in [1.82, 2.24) is 15.0 Å². The van der Waals surface area contributed by atoms with Crippen molar-refractivity contribution in [3.63, 3.8) is 0 Å². The van der Waals surface area contributed by atoms with Crippen LogP contribution in [0.15, 0.2) is 12.1 Å². The van der Waals surface area contributed by atoms with E-state index >= 15 is 0 Å². The SMILES string of the molecule is Cc1nc(C)c2c(C)c(C(=O)Nc3nc4c(C)ccc(C)c4s3)sc2n1. The number of nitrogens with zero attached hydrogens (tertiary/aromatic N) is 3. The van der Waals surface area contributed by atoms with Gasteiger partial charge in [-0.25, -0.2) is 15.0 Å². The zero-order chi connectivity index (χ0) is 18.6. The number of hydrogen-bond donors (Lipinski definition) is 1. The third kappa shape index (κ3) is 2.68. The normalized spacial score (nSPS) is 11.4. The first-order chi connectivity index (χ1) is 12.3. The standard InChI is InChI=1S/C19H18N4OS2/c1-8-6-7-9(2)15-14(8)22-19(26-15)23-17(24)16-10(3)13-11(4)20-12(5)21-18(13)25-16/h6-7H,1-5H3,(H,22,23,24). The molecular formula is C19H18N4OS2. The maximum atomic E-state index is 12.9. The highest BCUT2D eigenvalue weighted by molar-refractivity contribution is 7.23. The summed E-state index contributed by atoms with van der Waals surface area (Å²) in [7, 11) is 0. The molecule has 0 saturated carbocycles. The Kier molecular flexibility index (Phi) is 4.00. The molecule has 0 atom stereocenters. The molecule has 0 spiro atoms. The number of rotatable bonds is 2. The molecule has 132 valence electrons. The highest BCUT2D eigenvalue weighted by Gasteiger charge is 2.20. The molecule has 0 bridgehead atoms. The first-order valence-electron chi connectivity index (χ1n) is 8.27. The van der Waals surface area contributed by atoms with Gasteiger partial charge in [-0.1, -0.05) is 23.5 Å². The fourth-order valence-electron chi connectivity index (χ4n) is 3.16. The van der Waals surface area contributed by atoms with Gasteiger partial charge >= 0.3 is 0 Å². The zero-order valence-electron chi connectivity index (χ0n) is 15.2. The van der Waals surface area contributed by atoms with Crippen LogP contribution in [0.3, 0.4) is 0 Å². The maximum absolute atomic E-state index is 12.9. The molecule has 0 fully saturated rings. The predicted molar refractivity (Wildman–Crippen MR) is 109 cm³/mol. The highest BCUT2D eigenvalue weighted by Crippen LogP contribution is 2.34. The summed E-state index contributed by atoms with van der Waals surface area (Å²) < 4.78 is 1.12. The van der Waals surface area contributed by atoms with E-state index in [2.05, 4.69) is 39.3 Å². The van der Waals surface area contributed by atoms with Gasteiger partial charge < -0.3 is 0 Å². The van der Waals surface area contributed by atoms with E-state index in [1.54, 1.807) is 0 Å². The van der Waals surface area contributed by atoms with E-state index in [9.17, 15) is 4.79 Å². The first-order valence-corrected chi connectivity index (χ1v) is 9.91. The van der Waals surface area contributed by atoms with E-state index in [-0.39, 0.29) is 5.91 Å². The number of nitrogens with one attached hydrogen (secondary N) is 1. The number of thiophene rings is 1. The molecule has 0 unspecified atom stereocenters. The molecule has 1 amide bonds. The summed E-state index contributed by atoms with van der Waals surface area (Å²) in [5, 5.41) is 4.57. The molecule has 0 aliphatic rings. The number of fused-ring (bicyclic) bond motifs is 2. The molecule has 5 nitrogen and oxygen atoms in total. The van der Waals surface area contributed by atoms with Crippen molar-refractivity contribution in [1.29, 1.82) is 0 Å². The third-order valence-corrected chi connectivity index (χ3v) is 6.74. The van der Waals surface area contributed by atoms with Crippen LogP contribution in [0.1, 0.15) is 37.9 Å². The fourth-order valence-corrected chi connectivity index (χ4v) is 5.34. The van der Waals surface area contributed by atoms with Crippen LogP contribution in [-0.2, 0) is 0 Å². The summed E-state index contributed by atoms with van der Waals surface area (Å²) in [4.78, 5) is 27.9. The van der Waals surface area contributed by atoms with Crippen molar-refractivity contribution in [2.24, 2.45) is 0 Å². The number of anilines is 1. The molecule has 26 heavy (non-hydrogen) atoms. The van der Waals surface area contributed by atoms with Gasteiger partial charge in [0.15, 0.2) is 5.13 Å². The average molecular weight is 383 g/mol. The van der Waals surface area contributed by atoms with Gasteiger partial charge in [0.1, 0.15) is 10.7 Å². The van der Waals surface area contributed by atoms with E-state index in [0.29, 0.717) is 10.0 Å². The Balaban J connectivity index is 1.74. The van der Waals surface area contributed by atoms with Gasteiger partial charge in [0.05, 0.1) is 15.1 Å². The Hall–Kier alpha value is -2.38. The van der Waals surface area contributed by atoms with Crippen LogP contribution >= 0.6 is 22.7 Å². The van der Waals surface area contributed by atoms with E-state index < -0.39 is 0 Å². The quantitative estimate of drug-likeness (QED) is 0.524. The number of aryl methyl sites for hydroxylation is 5. The Bertz CT molecular complexity index is 1150. The van der Waals surface area contributed by atoms with E-state index in [0.717, 1.165) is 43.1 Å². The Morgan fingerprint density at radius 2 is 1.69 bits per heavy atom. The minimum atomic E-state index is -0.142. The van der Waals surface area contributed by atoms with Gasteiger partial charge in [-0.2, -0.15) is 0 Å². The molecular weight excluding hydrogens is 364 g/mol. The molecule has 3 aromatic heterocycles. The number of thiazole rings is 1. The van der Waals surface area contributed by atoms with Crippen molar-refractivity contribution < 1.29 is 4.79 Å². The van der Waals surface area contributed by atoms with Crippen molar-refractivity contribution in [3.8, 4) is 0 Å². The summed E-state index contributed by atoms with van der Waals surface area (Å²) in [5.41, 5.74) is 5.07. The average Bonchev–Trinajstić information content (AvgIpc) is 3.13. The Morgan fingerprint density at radius 1 is 0.962 bits per heavy atom. The molecule has 1 N–H and O–H groups in total. The number of amides is 1. The van der Waals surface area contributed by atoms with Gasteiger partial charge in [-0.05, 0) is 51.3 Å². The summed E-state index contributed by atoms with van der Waals surface area (Å²) in [6, 6.07) is 4.14. The third-order valence-electron chi connectivity index (χ3n) is 4.45. The Morgan fingerprint density at radius 3 is 2.42 bits per heavy atom. The van der Waals surface area contributed by atoms with Gasteiger partial charge in [0.2, 0.25) is 0 Å². The first kappa shape index (κ1) is 17.1. The number of benzene rings is 1. The molecule has 4 rings (SSSR count). The van der Waals surface area contributed by atoms with Gasteiger partial charge in [0, 0.05) is 11.1 Å². The molecule has 0 radical (unpaired) electrons. The summed E-state index contributed by atoms with van der Waals surface area (Å²) in [5.74, 6) is 0.581. The number of carbonyl (C=O) groups excluding carboxylic acids is 1. The van der Waals surface area contributed by atoms with Gasteiger partial charge in [-0.3, -0.25) is 10.1 Å². The molecule has 0 aliphatic heterocycles. The predicted octanol–water partition coefficient (Wildman–Crippen LogP) is 5.10. The topological polar surface area (TPSA) is 67.8 Å². The van der Waals surface area contributed by atoms with E-state index in [4.69, 9.17) is 0 Å². The van der Waals surface area contributed by atoms with Crippen LogP contribution in [0.2, 0.25) is 0 Å². The largest absolute Gasteiger partial charge is 0.297 e. The fraction of sp³-hybridized carbons (Fsp3) is 0.263. The van der Waals surface area contributed by atoms with E-state index in [1.165, 1.54) is 28.2 Å². The second kappa shape index (κ2) is 6.10. The lowest BCUT2D eigenvalue weighted by Crippen LogP contribution is -2.11. The van der Waals surface area contributed by atoms with Crippen LogP contribution in [0.4, 0.5) is 5.13 Å². The van der Waals surface area contributed by atoms with Crippen molar-refractivity contribution in [3.05, 3.63) is 45.2 Å². The van der Waals surface area contributed by atoms with Crippen molar-refractivity contribution >= 4 is 54.1 Å². The number of carbonyl (C=O) groups is 1.